The molecule has 0 atom stereocenters. The molecule has 118 valence electrons. The van der Waals surface area contributed by atoms with Crippen LogP contribution in [0.2, 0.25) is 0 Å². The highest BCUT2D eigenvalue weighted by Crippen LogP contribution is 2.34. The lowest BCUT2D eigenvalue weighted by Gasteiger charge is -2.05. The zero-order valence-corrected chi connectivity index (χ0v) is 13.3. The minimum Gasteiger partial charge on any atom is -0.360 e. The number of nitrogens with zero attached hydrogens (tertiary/aromatic N) is 3. The number of rotatable bonds is 3. The van der Waals surface area contributed by atoms with Gasteiger partial charge in [-0.15, -0.1) is 11.3 Å². The molecule has 1 aliphatic carbocycles. The summed E-state index contributed by atoms with van der Waals surface area (Å²) in [6.45, 7) is 1.64. The summed E-state index contributed by atoms with van der Waals surface area (Å²) in [5.74, 6) is 0.605. The number of hydrogen-bond acceptors (Lipinski definition) is 6. The minimum absolute atomic E-state index is 0.0989. The quantitative estimate of drug-likeness (QED) is 0.792. The van der Waals surface area contributed by atoms with Gasteiger partial charge in [-0.2, -0.15) is 0 Å². The molecule has 3 aromatic rings. The van der Waals surface area contributed by atoms with Crippen molar-refractivity contribution in [2.75, 3.05) is 5.32 Å². The molecule has 0 fully saturated rings. The van der Waals surface area contributed by atoms with E-state index in [1.807, 2.05) is 0 Å². The van der Waals surface area contributed by atoms with E-state index in [0.29, 0.717) is 17.0 Å². The predicted molar refractivity (Wildman–Crippen MR) is 85.8 cm³/mol. The van der Waals surface area contributed by atoms with Gasteiger partial charge in [0.1, 0.15) is 17.1 Å². The summed E-state index contributed by atoms with van der Waals surface area (Å²) in [6, 6.07) is 1.62. The van der Waals surface area contributed by atoms with Crippen LogP contribution in [0.4, 0.5) is 5.82 Å². The number of anilines is 1. The number of hydrogen-bond donors (Lipinski definition) is 1. The SMILES string of the molecule is Cc1cc(NC(=O)Cn2cnc3sc4c(c3c2=O)CCC4)no1. The van der Waals surface area contributed by atoms with Crippen LogP contribution < -0.4 is 10.9 Å². The predicted octanol–water partition coefficient (Wildman–Crippen LogP) is 1.88. The Kier molecular flexibility index (Phi) is 3.26. The van der Waals surface area contributed by atoms with Crippen LogP contribution in [0.25, 0.3) is 10.2 Å². The minimum atomic E-state index is -0.339. The molecule has 1 N–H and O–H groups in total. The van der Waals surface area contributed by atoms with Crippen LogP contribution in [-0.4, -0.2) is 20.6 Å². The highest BCUT2D eigenvalue weighted by atomic mass is 32.1. The summed E-state index contributed by atoms with van der Waals surface area (Å²) < 4.78 is 6.24. The van der Waals surface area contributed by atoms with Gasteiger partial charge in [0.05, 0.1) is 11.7 Å². The molecule has 3 heterocycles. The molecule has 1 amide bonds. The first-order chi connectivity index (χ1) is 11.1. The number of carbonyl (C=O) groups is 1. The van der Waals surface area contributed by atoms with Crippen molar-refractivity contribution < 1.29 is 9.32 Å². The fourth-order valence-electron chi connectivity index (χ4n) is 2.89. The molecule has 1 aliphatic rings. The van der Waals surface area contributed by atoms with E-state index >= 15 is 0 Å². The van der Waals surface area contributed by atoms with E-state index in [4.69, 9.17) is 4.52 Å². The third kappa shape index (κ3) is 2.44. The Balaban J connectivity index is 1.63. The van der Waals surface area contributed by atoms with Gasteiger partial charge in [0.2, 0.25) is 5.91 Å². The second-order valence-electron chi connectivity index (χ2n) is 5.59. The average molecular weight is 330 g/mol. The molecule has 7 nitrogen and oxygen atoms in total. The summed E-state index contributed by atoms with van der Waals surface area (Å²) in [7, 11) is 0. The molecular formula is C15H14N4O3S. The Morgan fingerprint density at radius 2 is 2.35 bits per heavy atom. The second-order valence-corrected chi connectivity index (χ2v) is 6.67. The monoisotopic (exact) mass is 330 g/mol. The van der Waals surface area contributed by atoms with Crippen LogP contribution in [0.15, 0.2) is 21.7 Å². The van der Waals surface area contributed by atoms with Crippen molar-refractivity contribution in [2.24, 2.45) is 0 Å². The number of amides is 1. The maximum absolute atomic E-state index is 12.7. The lowest BCUT2D eigenvalue weighted by atomic mass is 10.2. The van der Waals surface area contributed by atoms with E-state index in [2.05, 4.69) is 15.5 Å². The van der Waals surface area contributed by atoms with Crippen molar-refractivity contribution in [3.63, 3.8) is 0 Å². The molecule has 0 radical (unpaired) electrons. The molecule has 8 heteroatoms. The van der Waals surface area contributed by atoms with Crippen molar-refractivity contribution >= 4 is 33.3 Å². The van der Waals surface area contributed by atoms with Crippen LogP contribution in [-0.2, 0) is 24.2 Å². The van der Waals surface area contributed by atoms with Gasteiger partial charge in [-0.1, -0.05) is 5.16 Å². The molecule has 4 rings (SSSR count). The van der Waals surface area contributed by atoms with E-state index in [-0.39, 0.29) is 18.0 Å². The van der Waals surface area contributed by atoms with Gasteiger partial charge in [-0.25, -0.2) is 4.98 Å². The normalized spacial score (nSPS) is 13.4. The van der Waals surface area contributed by atoms with Gasteiger partial charge >= 0.3 is 0 Å². The third-order valence-electron chi connectivity index (χ3n) is 3.90. The summed E-state index contributed by atoms with van der Waals surface area (Å²) in [6.07, 6.45) is 4.45. The summed E-state index contributed by atoms with van der Waals surface area (Å²) >= 11 is 1.59. The molecule has 0 bridgehead atoms. The summed E-state index contributed by atoms with van der Waals surface area (Å²) in [5, 5.41) is 6.98. The van der Waals surface area contributed by atoms with Crippen LogP contribution in [0.1, 0.15) is 22.6 Å². The lowest BCUT2D eigenvalue weighted by Crippen LogP contribution is -2.28. The number of nitrogens with one attached hydrogen (secondary N) is 1. The molecule has 0 aromatic carbocycles. The van der Waals surface area contributed by atoms with E-state index in [1.54, 1.807) is 24.3 Å². The Hall–Kier alpha value is -2.48. The highest BCUT2D eigenvalue weighted by molar-refractivity contribution is 7.18. The summed E-state index contributed by atoms with van der Waals surface area (Å²) in [5.41, 5.74) is 0.963. The molecule has 0 aliphatic heterocycles. The molecule has 0 saturated heterocycles. The number of thiophene rings is 1. The van der Waals surface area contributed by atoms with Crippen molar-refractivity contribution in [3.05, 3.63) is 38.9 Å². The standard InChI is InChI=1S/C15H14N4O3S/c1-8-5-11(18-22-8)17-12(20)6-19-7-16-14-13(15(19)21)9-3-2-4-10(9)23-14/h5,7H,2-4,6H2,1H3,(H,17,18,20). The zero-order chi connectivity index (χ0) is 16.0. The van der Waals surface area contributed by atoms with Crippen LogP contribution in [0, 0.1) is 6.92 Å². The average Bonchev–Trinajstić information content (AvgIpc) is 3.17. The van der Waals surface area contributed by atoms with Gasteiger partial charge in [0, 0.05) is 10.9 Å². The van der Waals surface area contributed by atoms with E-state index in [9.17, 15) is 9.59 Å². The Morgan fingerprint density at radius 1 is 1.48 bits per heavy atom. The fourth-order valence-corrected chi connectivity index (χ4v) is 4.11. The Bertz CT molecular complexity index is 969. The first-order valence-corrected chi connectivity index (χ1v) is 8.16. The van der Waals surface area contributed by atoms with E-state index < -0.39 is 0 Å². The molecule has 0 saturated carbocycles. The topological polar surface area (TPSA) is 90.0 Å². The second kappa shape index (κ2) is 5.31. The molecule has 23 heavy (non-hydrogen) atoms. The maximum Gasteiger partial charge on any atom is 0.262 e. The van der Waals surface area contributed by atoms with E-state index in [1.165, 1.54) is 15.8 Å². The van der Waals surface area contributed by atoms with Crippen molar-refractivity contribution in [3.8, 4) is 0 Å². The van der Waals surface area contributed by atoms with Crippen molar-refractivity contribution in [1.29, 1.82) is 0 Å². The highest BCUT2D eigenvalue weighted by Gasteiger charge is 2.21. The number of aromatic nitrogens is 3. The molecule has 0 spiro atoms. The lowest BCUT2D eigenvalue weighted by molar-refractivity contribution is -0.116. The van der Waals surface area contributed by atoms with E-state index in [0.717, 1.165) is 29.7 Å². The van der Waals surface area contributed by atoms with Crippen molar-refractivity contribution in [1.82, 2.24) is 14.7 Å². The van der Waals surface area contributed by atoms with Crippen LogP contribution >= 0.6 is 11.3 Å². The largest absolute Gasteiger partial charge is 0.360 e. The van der Waals surface area contributed by atoms with Gasteiger partial charge in [-0.05, 0) is 31.7 Å². The van der Waals surface area contributed by atoms with Gasteiger partial charge in [0.25, 0.3) is 5.56 Å². The Labute approximate surface area is 134 Å². The van der Waals surface area contributed by atoms with Crippen LogP contribution in [0.5, 0.6) is 0 Å². The number of fused-ring (bicyclic) bond motifs is 3. The summed E-state index contributed by atoms with van der Waals surface area (Å²) in [4.78, 5) is 31.1. The molecule has 3 aromatic heterocycles. The first-order valence-electron chi connectivity index (χ1n) is 7.34. The fraction of sp³-hybridized carbons (Fsp3) is 0.333. The number of carbonyl (C=O) groups excluding carboxylic acids is 1. The molecular weight excluding hydrogens is 316 g/mol. The number of aryl methyl sites for hydroxylation is 3. The smallest absolute Gasteiger partial charge is 0.262 e. The zero-order valence-electron chi connectivity index (χ0n) is 12.5. The van der Waals surface area contributed by atoms with Gasteiger partial charge < -0.3 is 9.84 Å². The van der Waals surface area contributed by atoms with Gasteiger partial charge in [-0.3, -0.25) is 14.2 Å². The third-order valence-corrected chi connectivity index (χ3v) is 5.10. The maximum atomic E-state index is 12.7. The Morgan fingerprint density at radius 3 is 3.13 bits per heavy atom. The van der Waals surface area contributed by atoms with Gasteiger partial charge in [0.15, 0.2) is 5.82 Å². The van der Waals surface area contributed by atoms with Crippen LogP contribution in [0.3, 0.4) is 0 Å². The first kappa shape index (κ1) is 14.1. The molecule has 0 unspecified atom stereocenters. The van der Waals surface area contributed by atoms with Crippen molar-refractivity contribution in [2.45, 2.75) is 32.7 Å².